The van der Waals surface area contributed by atoms with Crippen LogP contribution in [0, 0.1) is 5.82 Å². The summed E-state index contributed by atoms with van der Waals surface area (Å²) >= 11 is 0. The molecule has 0 heterocycles. The van der Waals surface area contributed by atoms with E-state index in [-0.39, 0.29) is 12.2 Å². The highest BCUT2D eigenvalue weighted by Gasteiger charge is 2.26. The summed E-state index contributed by atoms with van der Waals surface area (Å²) in [7, 11) is 1.34. The van der Waals surface area contributed by atoms with E-state index in [0.717, 1.165) is 6.07 Å². The summed E-state index contributed by atoms with van der Waals surface area (Å²) in [5, 5.41) is 4.56. The minimum absolute atomic E-state index is 0.0561. The van der Waals surface area contributed by atoms with Crippen molar-refractivity contribution >= 4 is 17.9 Å². The lowest BCUT2D eigenvalue weighted by Crippen LogP contribution is -2.42. The molecule has 0 unspecified atom stereocenters. The van der Waals surface area contributed by atoms with Gasteiger partial charge in [0.1, 0.15) is 0 Å². The van der Waals surface area contributed by atoms with Crippen LogP contribution in [0.3, 0.4) is 0 Å². The van der Waals surface area contributed by atoms with Gasteiger partial charge in [0.05, 0.1) is 13.5 Å². The number of rotatable bonds is 7. The monoisotopic (exact) mass is 388 g/mol. The maximum Gasteiger partial charge on any atom is 0.321 e. The smallest absolute Gasteiger partial charge is 0.321 e. The van der Waals surface area contributed by atoms with Crippen LogP contribution in [0.2, 0.25) is 0 Å². The molecule has 148 valence electrons. The summed E-state index contributed by atoms with van der Waals surface area (Å²) in [6, 6.07) is 11.7. The Kier molecular flexibility index (Phi) is 7.50. The molecular formula is C20H21FN2O5. The van der Waals surface area contributed by atoms with E-state index < -0.39 is 29.8 Å². The third kappa shape index (κ3) is 5.80. The summed E-state index contributed by atoms with van der Waals surface area (Å²) in [6.07, 6.45) is -1.57. The van der Waals surface area contributed by atoms with Gasteiger partial charge in [0.25, 0.3) is 5.91 Å². The fourth-order valence-electron chi connectivity index (χ4n) is 2.44. The molecule has 2 aromatic carbocycles. The molecule has 0 radical (unpaired) electrons. The van der Waals surface area contributed by atoms with Crippen molar-refractivity contribution in [1.82, 2.24) is 10.6 Å². The molecule has 28 heavy (non-hydrogen) atoms. The van der Waals surface area contributed by atoms with Gasteiger partial charge in [-0.05, 0) is 24.6 Å². The molecule has 0 aliphatic heterocycles. The van der Waals surface area contributed by atoms with Crippen LogP contribution in [-0.4, -0.2) is 31.6 Å². The third-order valence-corrected chi connectivity index (χ3v) is 3.73. The first-order valence-corrected chi connectivity index (χ1v) is 8.60. The molecule has 0 aliphatic carbocycles. The molecule has 0 aliphatic rings. The zero-order chi connectivity index (χ0) is 20.5. The summed E-state index contributed by atoms with van der Waals surface area (Å²) in [4.78, 5) is 36.4. The van der Waals surface area contributed by atoms with E-state index in [2.05, 4.69) is 10.6 Å². The fraction of sp³-hybridized carbons (Fsp3) is 0.250. The van der Waals surface area contributed by atoms with Gasteiger partial charge < -0.3 is 14.8 Å². The highest BCUT2D eigenvalue weighted by Crippen LogP contribution is 2.21. The Balaban J connectivity index is 2.13. The van der Waals surface area contributed by atoms with Crippen molar-refractivity contribution in [2.75, 3.05) is 13.7 Å². The van der Waals surface area contributed by atoms with Crippen molar-refractivity contribution in [3.8, 4) is 5.75 Å². The number of carbonyl (C=O) groups excluding carboxylic acids is 3. The Morgan fingerprint density at radius 2 is 1.82 bits per heavy atom. The largest absolute Gasteiger partial charge is 0.494 e. The van der Waals surface area contributed by atoms with Gasteiger partial charge in [0, 0.05) is 12.1 Å². The van der Waals surface area contributed by atoms with Crippen LogP contribution >= 0.6 is 0 Å². The van der Waals surface area contributed by atoms with Crippen molar-refractivity contribution in [2.24, 2.45) is 0 Å². The number of hydrogen-bond acceptors (Lipinski definition) is 5. The number of hydrogen-bond donors (Lipinski definition) is 2. The van der Waals surface area contributed by atoms with E-state index in [1.54, 1.807) is 37.3 Å². The number of benzene rings is 2. The van der Waals surface area contributed by atoms with Crippen molar-refractivity contribution in [3.05, 3.63) is 65.5 Å². The standard InChI is InChI=1S/C20H21FN2O5/c1-3-22-20(26)23-19(25)18(14-7-5-4-6-8-14)28-17(24)12-13-9-10-16(27-2)15(21)11-13/h4-11,18H,3,12H2,1-2H3,(H2,22,23,25,26)/t18-/m1/s1. The number of ether oxygens (including phenoxy) is 2. The van der Waals surface area contributed by atoms with Crippen molar-refractivity contribution in [2.45, 2.75) is 19.4 Å². The number of imide groups is 1. The van der Waals surface area contributed by atoms with Crippen molar-refractivity contribution < 1.29 is 28.2 Å². The molecule has 2 rings (SSSR count). The van der Waals surface area contributed by atoms with E-state index in [1.807, 2.05) is 0 Å². The molecule has 7 nitrogen and oxygen atoms in total. The van der Waals surface area contributed by atoms with Crippen LogP contribution in [0.5, 0.6) is 5.75 Å². The summed E-state index contributed by atoms with van der Waals surface area (Å²) in [5.74, 6) is -2.09. The zero-order valence-electron chi connectivity index (χ0n) is 15.5. The highest BCUT2D eigenvalue weighted by atomic mass is 19.1. The van der Waals surface area contributed by atoms with E-state index in [4.69, 9.17) is 9.47 Å². The summed E-state index contributed by atoms with van der Waals surface area (Å²) in [5.41, 5.74) is 0.762. The Bertz CT molecular complexity index is 842. The van der Waals surface area contributed by atoms with Gasteiger partial charge in [0.2, 0.25) is 6.10 Å². The van der Waals surface area contributed by atoms with Crippen molar-refractivity contribution in [1.29, 1.82) is 0 Å². The van der Waals surface area contributed by atoms with E-state index in [1.165, 1.54) is 19.2 Å². The molecule has 0 bridgehead atoms. The van der Waals surface area contributed by atoms with Crippen LogP contribution < -0.4 is 15.4 Å². The second kappa shape index (κ2) is 10.1. The average molecular weight is 388 g/mol. The molecule has 8 heteroatoms. The topological polar surface area (TPSA) is 93.7 Å². The number of urea groups is 1. The molecule has 2 aromatic rings. The number of amides is 3. The highest BCUT2D eigenvalue weighted by molar-refractivity contribution is 5.97. The Morgan fingerprint density at radius 1 is 1.11 bits per heavy atom. The van der Waals surface area contributed by atoms with Gasteiger partial charge in [-0.25, -0.2) is 9.18 Å². The average Bonchev–Trinajstić information content (AvgIpc) is 2.67. The van der Waals surface area contributed by atoms with Gasteiger partial charge >= 0.3 is 12.0 Å². The molecular weight excluding hydrogens is 367 g/mol. The molecule has 2 N–H and O–H groups in total. The Hall–Kier alpha value is -3.42. The predicted molar refractivity (Wildman–Crippen MR) is 99.1 cm³/mol. The third-order valence-electron chi connectivity index (χ3n) is 3.73. The van der Waals surface area contributed by atoms with Gasteiger partial charge in [-0.3, -0.25) is 14.9 Å². The van der Waals surface area contributed by atoms with Crippen LogP contribution in [0.15, 0.2) is 48.5 Å². The van der Waals surface area contributed by atoms with Crippen LogP contribution in [0.25, 0.3) is 0 Å². The maximum atomic E-state index is 13.8. The second-order valence-corrected chi connectivity index (χ2v) is 5.77. The second-order valence-electron chi connectivity index (χ2n) is 5.77. The zero-order valence-corrected chi connectivity index (χ0v) is 15.5. The Labute approximate surface area is 161 Å². The summed E-state index contributed by atoms with van der Waals surface area (Å²) < 4.78 is 23.9. The number of esters is 1. The van der Waals surface area contributed by atoms with E-state index in [0.29, 0.717) is 17.7 Å². The van der Waals surface area contributed by atoms with Crippen LogP contribution in [0.4, 0.5) is 9.18 Å². The molecule has 0 saturated heterocycles. The SMILES string of the molecule is CCNC(=O)NC(=O)[C@H](OC(=O)Cc1ccc(OC)c(F)c1)c1ccccc1. The first-order chi connectivity index (χ1) is 13.4. The lowest BCUT2D eigenvalue weighted by molar-refractivity contribution is -0.155. The van der Waals surface area contributed by atoms with Gasteiger partial charge in [0.15, 0.2) is 11.6 Å². The molecule has 0 spiro atoms. The lowest BCUT2D eigenvalue weighted by Gasteiger charge is -2.18. The van der Waals surface area contributed by atoms with Crippen LogP contribution in [-0.2, 0) is 20.7 Å². The minimum atomic E-state index is -1.32. The molecule has 0 fully saturated rings. The quantitative estimate of drug-likeness (QED) is 0.711. The predicted octanol–water partition coefficient (Wildman–Crippen LogP) is 2.51. The number of carbonyl (C=O) groups is 3. The van der Waals surface area contributed by atoms with Gasteiger partial charge in [-0.15, -0.1) is 0 Å². The number of methoxy groups -OCH3 is 1. The number of nitrogens with one attached hydrogen (secondary N) is 2. The van der Waals surface area contributed by atoms with Crippen molar-refractivity contribution in [3.63, 3.8) is 0 Å². The summed E-state index contributed by atoms with van der Waals surface area (Å²) in [6.45, 7) is 2.03. The first kappa shape index (κ1) is 20.9. The van der Waals surface area contributed by atoms with E-state index >= 15 is 0 Å². The normalized spacial score (nSPS) is 11.2. The lowest BCUT2D eigenvalue weighted by atomic mass is 10.1. The molecule has 3 amide bonds. The molecule has 0 aromatic heterocycles. The fourth-order valence-corrected chi connectivity index (χ4v) is 2.44. The Morgan fingerprint density at radius 3 is 2.43 bits per heavy atom. The number of halogens is 1. The molecule has 0 saturated carbocycles. The van der Waals surface area contributed by atoms with Gasteiger partial charge in [-0.1, -0.05) is 36.4 Å². The minimum Gasteiger partial charge on any atom is -0.494 e. The maximum absolute atomic E-state index is 13.8. The first-order valence-electron chi connectivity index (χ1n) is 8.60. The van der Waals surface area contributed by atoms with Gasteiger partial charge in [-0.2, -0.15) is 0 Å². The molecule has 1 atom stereocenters. The van der Waals surface area contributed by atoms with Crippen LogP contribution in [0.1, 0.15) is 24.2 Å². The van der Waals surface area contributed by atoms with E-state index in [9.17, 15) is 18.8 Å².